The van der Waals surface area contributed by atoms with Crippen molar-refractivity contribution in [3.63, 3.8) is 0 Å². The zero-order chi connectivity index (χ0) is 24.4. The lowest BCUT2D eigenvalue weighted by Gasteiger charge is -2.58. The van der Waals surface area contributed by atoms with Crippen molar-refractivity contribution in [1.82, 2.24) is 0 Å². The summed E-state index contributed by atoms with van der Waals surface area (Å²) in [4.78, 5) is 13.9. The highest BCUT2D eigenvalue weighted by molar-refractivity contribution is 5.85. The van der Waals surface area contributed by atoms with Crippen LogP contribution in [0, 0.1) is 45.8 Å². The summed E-state index contributed by atoms with van der Waals surface area (Å²) in [6.45, 7) is 15.6. The van der Waals surface area contributed by atoms with E-state index in [1.54, 1.807) is 0 Å². The molecule has 0 aliphatic heterocycles. The lowest BCUT2D eigenvalue weighted by molar-refractivity contribution is -0.147. The average molecular weight is 459 g/mol. The lowest BCUT2D eigenvalue weighted by Crippen LogP contribution is -2.56. The number of aliphatic hydroxyl groups excluding tert-OH is 1. The molecule has 0 aromatic carbocycles. The van der Waals surface area contributed by atoms with E-state index >= 15 is 0 Å². The summed E-state index contributed by atoms with van der Waals surface area (Å²) in [5.41, 5.74) is 0.779. The highest BCUT2D eigenvalue weighted by Gasteiger charge is 2.62. The number of hydrogen-bond donors (Lipinski definition) is 2. The van der Waals surface area contributed by atoms with E-state index in [2.05, 4.69) is 54.5 Å². The average Bonchev–Trinajstić information content (AvgIpc) is 3.08. The van der Waals surface area contributed by atoms with Gasteiger partial charge in [-0.1, -0.05) is 60.1 Å². The molecule has 1 unspecified atom stereocenters. The van der Waals surface area contributed by atoms with Gasteiger partial charge in [0.25, 0.3) is 0 Å². The van der Waals surface area contributed by atoms with Crippen LogP contribution < -0.4 is 0 Å². The molecule has 4 rings (SSSR count). The van der Waals surface area contributed by atoms with E-state index in [1.807, 2.05) is 0 Å². The second kappa shape index (κ2) is 8.47. The fraction of sp³-hybridized carbons (Fsp3) is 0.900. The van der Waals surface area contributed by atoms with Crippen molar-refractivity contribution in [2.45, 2.75) is 124 Å². The van der Waals surface area contributed by atoms with Crippen LogP contribution in [0.1, 0.15) is 113 Å². The molecule has 0 aromatic rings. The predicted molar refractivity (Wildman–Crippen MR) is 135 cm³/mol. The van der Waals surface area contributed by atoms with E-state index in [4.69, 9.17) is 0 Å². The van der Waals surface area contributed by atoms with Crippen molar-refractivity contribution < 1.29 is 15.0 Å². The van der Waals surface area contributed by atoms with Crippen LogP contribution in [-0.2, 0) is 4.79 Å². The summed E-state index contributed by atoms with van der Waals surface area (Å²) < 4.78 is 0. The molecule has 0 amide bonds. The Bertz CT molecular complexity index is 793. The highest BCUT2D eigenvalue weighted by atomic mass is 16.3. The van der Waals surface area contributed by atoms with Gasteiger partial charge in [0.2, 0.25) is 0 Å². The number of fused-ring (bicyclic) bond motifs is 5. The maximum absolute atomic E-state index is 13.9. The fourth-order valence-electron chi connectivity index (χ4n) is 8.87. The van der Waals surface area contributed by atoms with Gasteiger partial charge in [-0.15, -0.1) is 0 Å². The summed E-state index contributed by atoms with van der Waals surface area (Å²) >= 11 is 0. The van der Waals surface area contributed by atoms with Crippen LogP contribution in [0.25, 0.3) is 0 Å². The number of hydrogen-bond acceptors (Lipinski definition) is 3. The second-order valence-corrected chi connectivity index (χ2v) is 14.2. The number of Topliss-reactive ketones (excluding diaryl/α,β-unsaturated/α-hetero) is 1. The highest BCUT2D eigenvalue weighted by Crippen LogP contribution is 2.67. The Kier molecular flexibility index (Phi) is 6.53. The van der Waals surface area contributed by atoms with Gasteiger partial charge in [-0.3, -0.25) is 4.79 Å². The molecule has 4 aliphatic rings. The monoisotopic (exact) mass is 458 g/mol. The third kappa shape index (κ3) is 4.18. The maximum atomic E-state index is 13.9. The van der Waals surface area contributed by atoms with E-state index in [9.17, 15) is 15.0 Å². The molecule has 3 saturated carbocycles. The normalized spacial score (nSPS) is 45.0. The van der Waals surface area contributed by atoms with Crippen LogP contribution >= 0.6 is 0 Å². The number of rotatable bonds is 5. The number of carbonyl (C=O) groups excluding carboxylic acids is 1. The second-order valence-electron chi connectivity index (χ2n) is 14.2. The minimum atomic E-state index is -0.573. The number of allylic oxidation sites excluding steroid dienone is 1. The molecule has 0 spiro atoms. The van der Waals surface area contributed by atoms with Crippen LogP contribution in [0.3, 0.4) is 0 Å². The van der Waals surface area contributed by atoms with Crippen LogP contribution in [0.2, 0.25) is 0 Å². The van der Waals surface area contributed by atoms with Crippen molar-refractivity contribution >= 4 is 5.78 Å². The Balaban J connectivity index is 1.54. The largest absolute Gasteiger partial charge is 0.393 e. The molecule has 188 valence electrons. The maximum Gasteiger partial charge on any atom is 0.137 e. The number of ketones is 1. The van der Waals surface area contributed by atoms with Crippen molar-refractivity contribution in [3.8, 4) is 0 Å². The van der Waals surface area contributed by atoms with Gasteiger partial charge in [0, 0.05) is 12.3 Å². The molecular weight excluding hydrogens is 408 g/mol. The molecule has 0 bridgehead atoms. The molecule has 3 heteroatoms. The molecule has 0 saturated heterocycles. The Morgan fingerprint density at radius 3 is 2.45 bits per heavy atom. The van der Waals surface area contributed by atoms with Gasteiger partial charge < -0.3 is 10.2 Å². The molecule has 0 aromatic heterocycles. The van der Waals surface area contributed by atoms with Gasteiger partial charge in [-0.05, 0) is 97.7 Å². The first-order valence-corrected chi connectivity index (χ1v) is 13.9. The predicted octanol–water partition coefficient (Wildman–Crippen LogP) is 6.71. The summed E-state index contributed by atoms with van der Waals surface area (Å²) in [6, 6.07) is 0. The van der Waals surface area contributed by atoms with Crippen molar-refractivity contribution in [1.29, 1.82) is 0 Å². The zero-order valence-electron chi connectivity index (χ0n) is 22.4. The fourth-order valence-corrected chi connectivity index (χ4v) is 8.87. The van der Waals surface area contributed by atoms with E-state index < -0.39 is 5.60 Å². The third-order valence-electron chi connectivity index (χ3n) is 11.3. The molecule has 0 heterocycles. The first-order valence-electron chi connectivity index (χ1n) is 13.9. The molecule has 3 fully saturated rings. The third-order valence-corrected chi connectivity index (χ3v) is 11.3. The van der Waals surface area contributed by atoms with Gasteiger partial charge in [0.05, 0.1) is 11.7 Å². The van der Waals surface area contributed by atoms with E-state index in [0.717, 1.165) is 51.4 Å². The Hall–Kier alpha value is -0.670. The summed E-state index contributed by atoms with van der Waals surface area (Å²) in [6.07, 6.45) is 11.6. The Morgan fingerprint density at radius 1 is 1.12 bits per heavy atom. The summed E-state index contributed by atoms with van der Waals surface area (Å²) in [7, 11) is 0. The molecular formula is C30H50O3. The molecule has 0 radical (unpaired) electrons. The van der Waals surface area contributed by atoms with Gasteiger partial charge >= 0.3 is 0 Å². The van der Waals surface area contributed by atoms with Gasteiger partial charge in [0.15, 0.2) is 0 Å². The minimum absolute atomic E-state index is 0.0523. The van der Waals surface area contributed by atoms with E-state index in [-0.39, 0.29) is 28.3 Å². The van der Waals surface area contributed by atoms with E-state index in [1.165, 1.54) is 18.4 Å². The zero-order valence-corrected chi connectivity index (χ0v) is 22.4. The smallest absolute Gasteiger partial charge is 0.137 e. The minimum Gasteiger partial charge on any atom is -0.393 e. The van der Waals surface area contributed by atoms with Gasteiger partial charge in [-0.25, -0.2) is 0 Å². The van der Waals surface area contributed by atoms with Gasteiger partial charge in [-0.2, -0.15) is 0 Å². The van der Waals surface area contributed by atoms with Crippen LogP contribution in [0.15, 0.2) is 11.6 Å². The molecule has 2 N–H and O–H groups in total. The molecule has 33 heavy (non-hydrogen) atoms. The Labute approximate surface area is 202 Å². The quantitative estimate of drug-likeness (QED) is 0.450. The molecule has 4 aliphatic carbocycles. The van der Waals surface area contributed by atoms with Crippen molar-refractivity contribution in [2.24, 2.45) is 45.8 Å². The molecule has 9 atom stereocenters. The van der Waals surface area contributed by atoms with Gasteiger partial charge in [0.1, 0.15) is 5.78 Å². The number of aliphatic hydroxyl groups is 2. The van der Waals surface area contributed by atoms with Crippen LogP contribution in [0.4, 0.5) is 0 Å². The van der Waals surface area contributed by atoms with Crippen LogP contribution in [-0.4, -0.2) is 27.7 Å². The standard InChI is InChI=1S/C30H50O3/c1-8-30(33)16-15-28(6)20(17-30)10-11-21-23-13-12-22(29(23,7)18-24(31)26(21)28)19(2)9-14-25(32)27(3,4)5/h10,19,21-23,25-26,32-33H,8-9,11-18H2,1-7H3/t19-,21+,22-,23+,25?,26-,28+,29-,30+/m1/s1. The Morgan fingerprint density at radius 2 is 1.82 bits per heavy atom. The van der Waals surface area contributed by atoms with E-state index in [0.29, 0.717) is 29.5 Å². The SMILES string of the molecule is CC[C@]1(O)CC[C@@]2(C)C(=CC[C@H]3[C@@H]4CC[C@H]([C@H](C)CCC(O)C(C)(C)C)[C@@]4(C)CC(=O)[C@@H]32)C1. The first-order chi connectivity index (χ1) is 15.2. The summed E-state index contributed by atoms with van der Waals surface area (Å²) in [5, 5.41) is 21.6. The molecule has 3 nitrogen and oxygen atoms in total. The number of carbonyl (C=O) groups is 1. The van der Waals surface area contributed by atoms with Crippen molar-refractivity contribution in [3.05, 3.63) is 11.6 Å². The summed E-state index contributed by atoms with van der Waals surface area (Å²) in [5.74, 6) is 2.86. The van der Waals surface area contributed by atoms with Crippen molar-refractivity contribution in [2.75, 3.05) is 0 Å². The first kappa shape index (κ1) is 25.4. The topological polar surface area (TPSA) is 57.5 Å². The van der Waals surface area contributed by atoms with Crippen LogP contribution in [0.5, 0.6) is 0 Å². The lowest BCUT2D eigenvalue weighted by atomic mass is 9.45.